The molecule has 6 nitrogen and oxygen atoms in total. The molecule has 1 aromatic heterocycles. The van der Waals surface area contributed by atoms with Gasteiger partial charge in [0.15, 0.2) is 0 Å². The molecule has 1 aliphatic heterocycles. The van der Waals surface area contributed by atoms with Crippen LogP contribution in [0.2, 0.25) is 0 Å². The van der Waals surface area contributed by atoms with Crippen molar-refractivity contribution in [2.75, 3.05) is 13.1 Å². The molecule has 23 heavy (non-hydrogen) atoms. The minimum Gasteiger partial charge on any atom is -0.369 e. The number of amides is 2. The average Bonchev–Trinajstić information content (AvgIpc) is 3.05. The van der Waals surface area contributed by atoms with Crippen LogP contribution in [0.15, 0.2) is 30.3 Å². The average molecular weight is 316 g/mol. The monoisotopic (exact) mass is 316 g/mol. The number of hydrogen-bond acceptors (Lipinski definition) is 3. The largest absolute Gasteiger partial charge is 0.369 e. The van der Waals surface area contributed by atoms with Gasteiger partial charge in [-0.15, -0.1) is 0 Å². The summed E-state index contributed by atoms with van der Waals surface area (Å²) in [6.07, 6.45) is 1.17. The molecule has 0 saturated carbocycles. The first kappa shape index (κ1) is 15.2. The first-order valence-electron chi connectivity index (χ1n) is 7.44. The highest BCUT2D eigenvalue weighted by Gasteiger charge is 2.27. The number of nitrogens with two attached hydrogens (primary N) is 1. The van der Waals surface area contributed by atoms with Crippen molar-refractivity contribution >= 4 is 11.8 Å². The maximum absolute atomic E-state index is 12.9. The highest BCUT2D eigenvalue weighted by atomic mass is 19.1. The lowest BCUT2D eigenvalue weighted by Gasteiger charge is -2.30. The second-order valence-electron chi connectivity index (χ2n) is 5.64. The number of likely N-dealkylation sites (tertiary alicyclic amines) is 1. The van der Waals surface area contributed by atoms with Crippen LogP contribution in [0.4, 0.5) is 4.39 Å². The molecule has 1 saturated heterocycles. The highest BCUT2D eigenvalue weighted by Crippen LogP contribution is 2.21. The van der Waals surface area contributed by atoms with E-state index in [1.54, 1.807) is 23.1 Å². The predicted octanol–water partition coefficient (Wildman–Crippen LogP) is 1.55. The van der Waals surface area contributed by atoms with E-state index >= 15 is 0 Å². The Balaban J connectivity index is 1.69. The molecule has 1 aromatic carbocycles. The third-order valence-corrected chi connectivity index (χ3v) is 4.13. The summed E-state index contributed by atoms with van der Waals surface area (Å²) in [5, 5.41) is 6.83. The Bertz CT molecular complexity index is 718. The van der Waals surface area contributed by atoms with Gasteiger partial charge in [-0.25, -0.2) is 4.39 Å². The van der Waals surface area contributed by atoms with E-state index in [0.29, 0.717) is 37.3 Å². The third-order valence-electron chi connectivity index (χ3n) is 4.13. The number of hydrogen-bond donors (Lipinski definition) is 2. The van der Waals surface area contributed by atoms with Crippen molar-refractivity contribution in [1.29, 1.82) is 0 Å². The maximum atomic E-state index is 12.9. The van der Waals surface area contributed by atoms with Gasteiger partial charge in [-0.1, -0.05) is 0 Å². The zero-order chi connectivity index (χ0) is 16.4. The molecular weight excluding hydrogens is 299 g/mol. The van der Waals surface area contributed by atoms with Gasteiger partial charge in [0, 0.05) is 24.6 Å². The van der Waals surface area contributed by atoms with Gasteiger partial charge in [0.05, 0.1) is 5.69 Å². The van der Waals surface area contributed by atoms with E-state index in [-0.39, 0.29) is 23.5 Å². The number of aromatic nitrogens is 2. The number of halogens is 1. The van der Waals surface area contributed by atoms with Gasteiger partial charge in [-0.2, -0.15) is 5.10 Å². The number of nitrogens with one attached hydrogen (secondary N) is 1. The van der Waals surface area contributed by atoms with Crippen molar-refractivity contribution < 1.29 is 14.0 Å². The van der Waals surface area contributed by atoms with Crippen LogP contribution in [0, 0.1) is 11.7 Å². The summed E-state index contributed by atoms with van der Waals surface area (Å²) >= 11 is 0. The fraction of sp³-hybridized carbons (Fsp3) is 0.312. The van der Waals surface area contributed by atoms with Crippen molar-refractivity contribution in [3.05, 3.63) is 41.8 Å². The molecule has 0 bridgehead atoms. The molecule has 0 aliphatic carbocycles. The smallest absolute Gasteiger partial charge is 0.271 e. The minimum absolute atomic E-state index is 0.157. The molecule has 3 N–H and O–H groups in total. The van der Waals surface area contributed by atoms with Crippen LogP contribution < -0.4 is 5.73 Å². The SMILES string of the molecule is NC(=O)C1CCN(C(=O)c2cc(-c3ccc(F)cc3)n[nH]2)CC1. The van der Waals surface area contributed by atoms with E-state index in [9.17, 15) is 14.0 Å². The van der Waals surface area contributed by atoms with E-state index in [4.69, 9.17) is 5.73 Å². The quantitative estimate of drug-likeness (QED) is 0.900. The lowest BCUT2D eigenvalue weighted by atomic mass is 9.96. The zero-order valence-corrected chi connectivity index (χ0v) is 12.5. The summed E-state index contributed by atoms with van der Waals surface area (Å²) in [6.45, 7) is 0.995. The van der Waals surface area contributed by atoms with Crippen LogP contribution >= 0.6 is 0 Å². The van der Waals surface area contributed by atoms with Gasteiger partial charge in [0.2, 0.25) is 5.91 Å². The van der Waals surface area contributed by atoms with Crippen LogP contribution in [0.25, 0.3) is 11.3 Å². The topological polar surface area (TPSA) is 92.1 Å². The number of carbonyl (C=O) groups excluding carboxylic acids is 2. The number of rotatable bonds is 3. The third kappa shape index (κ3) is 3.23. The van der Waals surface area contributed by atoms with Gasteiger partial charge in [-0.3, -0.25) is 14.7 Å². The fourth-order valence-corrected chi connectivity index (χ4v) is 2.74. The Labute approximate surface area is 132 Å². The van der Waals surface area contributed by atoms with Crippen LogP contribution in [0.5, 0.6) is 0 Å². The number of aromatic amines is 1. The van der Waals surface area contributed by atoms with E-state index in [2.05, 4.69) is 10.2 Å². The molecule has 3 rings (SSSR count). The number of primary amides is 1. The van der Waals surface area contributed by atoms with E-state index in [1.165, 1.54) is 12.1 Å². The van der Waals surface area contributed by atoms with Crippen molar-refractivity contribution in [3.63, 3.8) is 0 Å². The molecule has 1 aliphatic rings. The first-order chi connectivity index (χ1) is 11.0. The molecule has 1 fully saturated rings. The minimum atomic E-state index is -0.321. The van der Waals surface area contributed by atoms with Gasteiger partial charge in [-0.05, 0) is 43.2 Å². The first-order valence-corrected chi connectivity index (χ1v) is 7.44. The number of carbonyl (C=O) groups is 2. The van der Waals surface area contributed by atoms with E-state index in [0.717, 1.165) is 5.56 Å². The number of benzene rings is 1. The summed E-state index contributed by atoms with van der Waals surface area (Å²) in [7, 11) is 0. The summed E-state index contributed by atoms with van der Waals surface area (Å²) in [4.78, 5) is 25.3. The number of nitrogens with zero attached hydrogens (tertiary/aromatic N) is 2. The van der Waals surface area contributed by atoms with Crippen LogP contribution in [0.1, 0.15) is 23.3 Å². The van der Waals surface area contributed by atoms with Gasteiger partial charge in [0.25, 0.3) is 5.91 Å². The molecule has 2 aromatic rings. The van der Waals surface area contributed by atoms with Crippen molar-refractivity contribution in [3.8, 4) is 11.3 Å². The fourth-order valence-electron chi connectivity index (χ4n) is 2.74. The molecule has 0 atom stereocenters. The Hall–Kier alpha value is -2.70. The molecule has 120 valence electrons. The second kappa shape index (κ2) is 6.20. The van der Waals surface area contributed by atoms with Gasteiger partial charge < -0.3 is 10.6 Å². The van der Waals surface area contributed by atoms with Crippen LogP contribution in [-0.2, 0) is 4.79 Å². The molecule has 0 spiro atoms. The van der Waals surface area contributed by atoms with Crippen molar-refractivity contribution in [2.45, 2.75) is 12.8 Å². The number of piperidine rings is 1. The second-order valence-corrected chi connectivity index (χ2v) is 5.64. The van der Waals surface area contributed by atoms with Gasteiger partial charge >= 0.3 is 0 Å². The van der Waals surface area contributed by atoms with Gasteiger partial charge in [0.1, 0.15) is 11.5 Å². The molecular formula is C16H17FN4O2. The normalized spacial score (nSPS) is 15.6. The number of H-pyrrole nitrogens is 1. The van der Waals surface area contributed by atoms with Crippen molar-refractivity contribution in [1.82, 2.24) is 15.1 Å². The highest BCUT2D eigenvalue weighted by molar-refractivity contribution is 5.93. The maximum Gasteiger partial charge on any atom is 0.271 e. The van der Waals surface area contributed by atoms with Crippen LogP contribution in [-0.4, -0.2) is 40.0 Å². The lowest BCUT2D eigenvalue weighted by Crippen LogP contribution is -2.41. The Kier molecular flexibility index (Phi) is 4.10. The van der Waals surface area contributed by atoms with Crippen molar-refractivity contribution in [2.24, 2.45) is 11.7 Å². The lowest BCUT2D eigenvalue weighted by molar-refractivity contribution is -0.123. The summed E-state index contributed by atoms with van der Waals surface area (Å²) < 4.78 is 12.9. The standard InChI is InChI=1S/C16H17FN4O2/c17-12-3-1-10(2-4-12)13-9-14(20-19-13)16(23)21-7-5-11(6-8-21)15(18)22/h1-4,9,11H,5-8H2,(H2,18,22)(H,19,20). The Morgan fingerprint density at radius 2 is 1.87 bits per heavy atom. The predicted molar refractivity (Wildman–Crippen MR) is 81.8 cm³/mol. The van der Waals surface area contributed by atoms with Crippen LogP contribution in [0.3, 0.4) is 0 Å². The zero-order valence-electron chi connectivity index (χ0n) is 12.5. The summed E-state index contributed by atoms with van der Waals surface area (Å²) in [5.74, 6) is -0.945. The molecule has 7 heteroatoms. The molecule has 2 heterocycles. The van der Waals surface area contributed by atoms with E-state index in [1.807, 2.05) is 0 Å². The Morgan fingerprint density at radius 1 is 1.22 bits per heavy atom. The Morgan fingerprint density at radius 3 is 2.48 bits per heavy atom. The summed E-state index contributed by atoms with van der Waals surface area (Å²) in [6, 6.07) is 7.56. The molecule has 0 radical (unpaired) electrons. The molecule has 0 unspecified atom stereocenters. The summed E-state index contributed by atoms with van der Waals surface area (Å²) in [5.41, 5.74) is 6.98. The van der Waals surface area contributed by atoms with E-state index < -0.39 is 0 Å². The molecule has 2 amide bonds.